The molecule has 2 atom stereocenters. The highest BCUT2D eigenvalue weighted by molar-refractivity contribution is 5.01. The van der Waals surface area contributed by atoms with Crippen molar-refractivity contribution in [2.24, 2.45) is 5.92 Å². The summed E-state index contributed by atoms with van der Waals surface area (Å²) in [5, 5.41) is 8.28. The predicted octanol–water partition coefficient (Wildman–Crippen LogP) is 3.81. The van der Waals surface area contributed by atoms with Crippen LogP contribution < -0.4 is 5.32 Å². The van der Waals surface area contributed by atoms with Crippen LogP contribution >= 0.6 is 0 Å². The zero-order valence-electron chi connectivity index (χ0n) is 13.3. The smallest absolute Gasteiger partial charge is 0.0627 e. The van der Waals surface area contributed by atoms with E-state index in [1.54, 1.807) is 0 Å². The molecule has 0 aliphatic heterocycles. The van der Waals surface area contributed by atoms with Crippen molar-refractivity contribution in [2.75, 3.05) is 6.54 Å². The molecule has 0 aromatic carbocycles. The van der Waals surface area contributed by atoms with Gasteiger partial charge in [-0.25, -0.2) is 0 Å². The minimum Gasteiger partial charge on any atom is -0.314 e. The number of nitrogens with one attached hydrogen (secondary N) is 1. The van der Waals surface area contributed by atoms with Crippen LogP contribution in [0.4, 0.5) is 0 Å². The highest BCUT2D eigenvalue weighted by atomic mass is 15.3. The van der Waals surface area contributed by atoms with Gasteiger partial charge < -0.3 is 5.32 Å². The fraction of sp³-hybridized carbons (Fsp3) is 0.812. The normalized spacial score (nSPS) is 14.8. The van der Waals surface area contributed by atoms with E-state index >= 15 is 0 Å². The van der Waals surface area contributed by atoms with Crippen LogP contribution in [0.15, 0.2) is 12.3 Å². The summed E-state index contributed by atoms with van der Waals surface area (Å²) in [6.07, 6.45) is 6.88. The molecule has 1 aromatic rings. The average Bonchev–Trinajstić information content (AvgIpc) is 2.83. The Morgan fingerprint density at radius 2 is 2.00 bits per heavy atom. The molecule has 110 valence electrons. The maximum atomic E-state index is 4.72. The van der Waals surface area contributed by atoms with Gasteiger partial charge in [-0.05, 0) is 44.7 Å². The van der Waals surface area contributed by atoms with Crippen molar-refractivity contribution >= 4 is 0 Å². The van der Waals surface area contributed by atoms with E-state index in [1.165, 1.54) is 18.5 Å². The Balaban J connectivity index is 2.55. The van der Waals surface area contributed by atoms with Crippen LogP contribution in [0.5, 0.6) is 0 Å². The van der Waals surface area contributed by atoms with Gasteiger partial charge in [0.1, 0.15) is 0 Å². The maximum absolute atomic E-state index is 4.72. The molecule has 0 fully saturated rings. The molecule has 3 nitrogen and oxygen atoms in total. The minimum absolute atomic E-state index is 0.507. The summed E-state index contributed by atoms with van der Waals surface area (Å²) in [7, 11) is 0. The Morgan fingerprint density at radius 1 is 1.26 bits per heavy atom. The summed E-state index contributed by atoms with van der Waals surface area (Å²) >= 11 is 0. The van der Waals surface area contributed by atoms with Gasteiger partial charge in [-0.15, -0.1) is 0 Å². The molecule has 1 N–H and O–H groups in total. The molecular weight excluding hydrogens is 234 g/mol. The highest BCUT2D eigenvalue weighted by Gasteiger charge is 2.12. The lowest BCUT2D eigenvalue weighted by Gasteiger charge is -2.17. The van der Waals surface area contributed by atoms with Gasteiger partial charge in [-0.1, -0.05) is 34.1 Å². The van der Waals surface area contributed by atoms with Crippen molar-refractivity contribution in [1.82, 2.24) is 15.1 Å². The molecule has 1 aromatic heterocycles. The number of aromatic nitrogens is 2. The third-order valence-corrected chi connectivity index (χ3v) is 3.72. The molecule has 2 unspecified atom stereocenters. The lowest BCUT2D eigenvalue weighted by molar-refractivity contribution is 0.409. The largest absolute Gasteiger partial charge is 0.314 e. The zero-order chi connectivity index (χ0) is 14.3. The summed E-state index contributed by atoms with van der Waals surface area (Å²) in [6.45, 7) is 12.2. The third-order valence-electron chi connectivity index (χ3n) is 3.72. The van der Waals surface area contributed by atoms with Crippen molar-refractivity contribution in [3.8, 4) is 0 Å². The van der Waals surface area contributed by atoms with Gasteiger partial charge in [0, 0.05) is 18.3 Å². The van der Waals surface area contributed by atoms with Crippen LogP contribution in [0.25, 0.3) is 0 Å². The fourth-order valence-electron chi connectivity index (χ4n) is 2.30. The molecule has 3 heteroatoms. The van der Waals surface area contributed by atoms with Crippen molar-refractivity contribution in [3.05, 3.63) is 18.0 Å². The molecule has 1 rings (SSSR count). The Kier molecular flexibility index (Phi) is 7.14. The van der Waals surface area contributed by atoms with E-state index in [-0.39, 0.29) is 0 Å². The summed E-state index contributed by atoms with van der Waals surface area (Å²) in [5.74, 6) is 0.702. The van der Waals surface area contributed by atoms with Gasteiger partial charge >= 0.3 is 0 Å². The van der Waals surface area contributed by atoms with Gasteiger partial charge in [0.05, 0.1) is 5.69 Å². The summed E-state index contributed by atoms with van der Waals surface area (Å²) in [5.41, 5.74) is 1.24. The van der Waals surface area contributed by atoms with Gasteiger partial charge in [-0.2, -0.15) is 5.10 Å². The Morgan fingerprint density at radius 3 is 2.58 bits per heavy atom. The first-order chi connectivity index (χ1) is 9.06. The van der Waals surface area contributed by atoms with Crippen molar-refractivity contribution in [1.29, 1.82) is 0 Å². The van der Waals surface area contributed by atoms with Crippen LogP contribution in [0.1, 0.15) is 65.6 Å². The summed E-state index contributed by atoms with van der Waals surface area (Å²) in [4.78, 5) is 0. The van der Waals surface area contributed by atoms with Crippen LogP contribution in [-0.4, -0.2) is 22.4 Å². The van der Waals surface area contributed by atoms with E-state index in [0.717, 1.165) is 19.4 Å². The molecule has 19 heavy (non-hydrogen) atoms. The molecule has 0 bridgehead atoms. The number of rotatable bonds is 9. The van der Waals surface area contributed by atoms with Crippen molar-refractivity contribution in [2.45, 2.75) is 72.4 Å². The van der Waals surface area contributed by atoms with Gasteiger partial charge in [0.15, 0.2) is 0 Å². The molecule has 0 saturated heterocycles. The molecular formula is C16H31N3. The monoisotopic (exact) mass is 265 g/mol. The number of hydrogen-bond acceptors (Lipinski definition) is 2. The first kappa shape index (κ1) is 16.2. The van der Waals surface area contributed by atoms with E-state index in [4.69, 9.17) is 5.10 Å². The third kappa shape index (κ3) is 5.77. The van der Waals surface area contributed by atoms with Crippen LogP contribution in [0.2, 0.25) is 0 Å². The predicted molar refractivity (Wildman–Crippen MR) is 82.5 cm³/mol. The standard InChI is InChI=1S/C16H31N3/c1-6-8-15(12-17-13(3)4)11-16-9-10-19(18-16)14(5)7-2/h9-10,13-15,17H,6-8,11-12H2,1-5H3. The minimum atomic E-state index is 0.507. The first-order valence-electron chi connectivity index (χ1n) is 7.84. The number of hydrogen-bond donors (Lipinski definition) is 1. The SMILES string of the molecule is CCCC(CNC(C)C)Cc1ccn(C(C)CC)n1. The zero-order valence-corrected chi connectivity index (χ0v) is 13.3. The van der Waals surface area contributed by atoms with Crippen LogP contribution in [0, 0.1) is 5.92 Å². The van der Waals surface area contributed by atoms with Gasteiger partial charge in [0.2, 0.25) is 0 Å². The number of nitrogens with zero attached hydrogens (tertiary/aromatic N) is 2. The Labute approximate surface area is 118 Å². The molecule has 0 radical (unpaired) electrons. The lowest BCUT2D eigenvalue weighted by atomic mass is 9.98. The van der Waals surface area contributed by atoms with E-state index in [9.17, 15) is 0 Å². The molecule has 0 aliphatic carbocycles. The second-order valence-electron chi connectivity index (χ2n) is 5.97. The second kappa shape index (κ2) is 8.36. The summed E-state index contributed by atoms with van der Waals surface area (Å²) < 4.78 is 2.11. The second-order valence-corrected chi connectivity index (χ2v) is 5.97. The fourth-order valence-corrected chi connectivity index (χ4v) is 2.30. The highest BCUT2D eigenvalue weighted by Crippen LogP contribution is 2.15. The Hall–Kier alpha value is -0.830. The quantitative estimate of drug-likeness (QED) is 0.736. The maximum Gasteiger partial charge on any atom is 0.0627 e. The van der Waals surface area contributed by atoms with Crippen molar-refractivity contribution < 1.29 is 0 Å². The topological polar surface area (TPSA) is 29.9 Å². The van der Waals surface area contributed by atoms with E-state index in [2.05, 4.69) is 56.9 Å². The molecule has 0 amide bonds. The lowest BCUT2D eigenvalue weighted by Crippen LogP contribution is -2.30. The van der Waals surface area contributed by atoms with Gasteiger partial charge in [-0.3, -0.25) is 4.68 Å². The van der Waals surface area contributed by atoms with Crippen molar-refractivity contribution in [3.63, 3.8) is 0 Å². The summed E-state index contributed by atoms with van der Waals surface area (Å²) in [6, 6.07) is 3.26. The van der Waals surface area contributed by atoms with Crippen LogP contribution in [-0.2, 0) is 6.42 Å². The Bertz CT molecular complexity index is 344. The van der Waals surface area contributed by atoms with E-state index in [0.29, 0.717) is 18.0 Å². The molecule has 1 heterocycles. The first-order valence-corrected chi connectivity index (χ1v) is 7.84. The molecule has 0 spiro atoms. The average molecular weight is 265 g/mol. The molecule has 0 saturated carbocycles. The van der Waals surface area contributed by atoms with E-state index in [1.807, 2.05) is 0 Å². The molecule has 0 aliphatic rings. The van der Waals surface area contributed by atoms with Crippen LogP contribution in [0.3, 0.4) is 0 Å². The van der Waals surface area contributed by atoms with E-state index < -0.39 is 0 Å². The van der Waals surface area contributed by atoms with Gasteiger partial charge in [0.25, 0.3) is 0 Å².